The van der Waals surface area contributed by atoms with Crippen molar-refractivity contribution < 1.29 is 13.9 Å². The van der Waals surface area contributed by atoms with E-state index in [0.29, 0.717) is 5.56 Å². The lowest BCUT2D eigenvalue weighted by Gasteiger charge is -2.02. The molecule has 0 saturated carbocycles. The number of ether oxygens (including phenoxy) is 1. The van der Waals surface area contributed by atoms with Crippen LogP contribution in [-0.4, -0.2) is 24.0 Å². The Bertz CT molecular complexity index is 922. The van der Waals surface area contributed by atoms with Gasteiger partial charge in [-0.1, -0.05) is 42.2 Å². The lowest BCUT2D eigenvalue weighted by molar-refractivity contribution is 0.0960. The lowest BCUT2D eigenvalue weighted by Crippen LogP contribution is -2.23. The summed E-state index contributed by atoms with van der Waals surface area (Å²) < 4.78 is 18.5. The molecule has 0 unspecified atom stereocenters. The van der Waals surface area contributed by atoms with Crippen LogP contribution in [-0.2, 0) is 0 Å². The first-order chi connectivity index (χ1) is 11.8. The van der Waals surface area contributed by atoms with E-state index in [1.807, 2.05) is 24.3 Å². The summed E-state index contributed by atoms with van der Waals surface area (Å²) in [5, 5.41) is 3.59. The van der Waals surface area contributed by atoms with E-state index in [0.717, 1.165) is 10.9 Å². The van der Waals surface area contributed by atoms with Gasteiger partial charge >= 0.3 is 0 Å². The number of hydrogen-bond donors (Lipinski definition) is 2. The number of aromatic nitrogens is 1. The summed E-state index contributed by atoms with van der Waals surface area (Å²) >= 11 is 0. The van der Waals surface area contributed by atoms with E-state index >= 15 is 0 Å². The van der Waals surface area contributed by atoms with E-state index in [-0.39, 0.29) is 24.8 Å². The fourth-order valence-electron chi connectivity index (χ4n) is 2.27. The van der Waals surface area contributed by atoms with Crippen molar-refractivity contribution in [2.45, 2.75) is 0 Å². The van der Waals surface area contributed by atoms with Gasteiger partial charge in [0.1, 0.15) is 6.61 Å². The molecule has 24 heavy (non-hydrogen) atoms. The number of para-hydroxylation sites is 2. The molecule has 1 aromatic heterocycles. The summed E-state index contributed by atoms with van der Waals surface area (Å²) in [4.78, 5) is 15.2. The molecule has 1 amide bonds. The van der Waals surface area contributed by atoms with Crippen molar-refractivity contribution in [3.63, 3.8) is 0 Å². The van der Waals surface area contributed by atoms with Gasteiger partial charge in [-0.3, -0.25) is 4.79 Å². The van der Waals surface area contributed by atoms with Crippen LogP contribution < -0.4 is 10.1 Å². The standard InChI is InChI=1S/C19H15FN2O2/c20-16-8-2-4-10-18(16)24-12-6-5-11-21-19(23)15-13-22-17-9-3-1-7-14(15)17/h1-4,7-10,13,22H,11-12H2,(H,21,23). The SMILES string of the molecule is O=C(NCC#CCOc1ccccc1F)c1c[nH]c2ccccc12. The Morgan fingerprint density at radius 2 is 1.92 bits per heavy atom. The lowest BCUT2D eigenvalue weighted by atomic mass is 10.1. The Balaban J connectivity index is 1.50. The quantitative estimate of drug-likeness (QED) is 0.725. The first kappa shape index (κ1) is 15.6. The first-order valence-electron chi connectivity index (χ1n) is 7.43. The molecule has 0 bridgehead atoms. The Kier molecular flexibility index (Phi) is 4.78. The average molecular weight is 322 g/mol. The number of carbonyl (C=O) groups excluding carboxylic acids is 1. The topological polar surface area (TPSA) is 54.1 Å². The summed E-state index contributed by atoms with van der Waals surface area (Å²) in [6.45, 7) is 0.253. The summed E-state index contributed by atoms with van der Waals surface area (Å²) in [5.41, 5.74) is 1.49. The highest BCUT2D eigenvalue weighted by atomic mass is 19.1. The minimum Gasteiger partial charge on any atom is -0.478 e. The van der Waals surface area contributed by atoms with Crippen molar-refractivity contribution in [2.75, 3.05) is 13.2 Å². The maximum atomic E-state index is 13.3. The largest absolute Gasteiger partial charge is 0.478 e. The van der Waals surface area contributed by atoms with Crippen molar-refractivity contribution in [2.24, 2.45) is 0 Å². The molecule has 2 N–H and O–H groups in total. The molecule has 120 valence electrons. The highest BCUT2D eigenvalue weighted by Crippen LogP contribution is 2.17. The van der Waals surface area contributed by atoms with Crippen LogP contribution in [0.3, 0.4) is 0 Å². The van der Waals surface area contributed by atoms with Gasteiger partial charge in [-0.15, -0.1) is 0 Å². The average Bonchev–Trinajstić information content (AvgIpc) is 3.03. The Hall–Kier alpha value is -3.26. The molecule has 0 aliphatic rings. The number of aromatic amines is 1. The van der Waals surface area contributed by atoms with Crippen molar-refractivity contribution >= 4 is 16.8 Å². The molecule has 0 aliphatic carbocycles. The smallest absolute Gasteiger partial charge is 0.254 e. The van der Waals surface area contributed by atoms with E-state index in [9.17, 15) is 9.18 Å². The molecule has 0 spiro atoms. The third-order valence-electron chi connectivity index (χ3n) is 3.43. The molecule has 0 fully saturated rings. The van der Waals surface area contributed by atoms with Crippen LogP contribution in [0.4, 0.5) is 4.39 Å². The molecular weight excluding hydrogens is 307 g/mol. The van der Waals surface area contributed by atoms with Gasteiger partial charge in [-0.2, -0.15) is 0 Å². The maximum Gasteiger partial charge on any atom is 0.254 e. The number of halogens is 1. The van der Waals surface area contributed by atoms with Gasteiger partial charge in [-0.05, 0) is 18.2 Å². The summed E-state index contributed by atoms with van der Waals surface area (Å²) in [7, 11) is 0. The molecule has 3 aromatic rings. The zero-order valence-electron chi connectivity index (χ0n) is 12.8. The molecule has 1 heterocycles. The zero-order chi connectivity index (χ0) is 16.8. The number of carbonyl (C=O) groups is 1. The minimum atomic E-state index is -0.424. The number of hydrogen-bond acceptors (Lipinski definition) is 2. The summed E-state index contributed by atoms with van der Waals surface area (Å²) in [6, 6.07) is 13.7. The fraction of sp³-hybridized carbons (Fsp3) is 0.105. The fourth-order valence-corrected chi connectivity index (χ4v) is 2.27. The predicted octanol–water partition coefficient (Wildman–Crippen LogP) is 3.12. The number of benzene rings is 2. The highest BCUT2D eigenvalue weighted by Gasteiger charge is 2.10. The number of nitrogens with one attached hydrogen (secondary N) is 2. The van der Waals surface area contributed by atoms with Crippen molar-refractivity contribution in [3.05, 3.63) is 66.1 Å². The molecule has 5 heteroatoms. The van der Waals surface area contributed by atoms with Crippen LogP contribution >= 0.6 is 0 Å². The van der Waals surface area contributed by atoms with Crippen molar-refractivity contribution in [3.8, 4) is 17.6 Å². The molecule has 3 rings (SSSR count). The Labute approximate surface area is 138 Å². The number of rotatable bonds is 4. The highest BCUT2D eigenvalue weighted by molar-refractivity contribution is 6.06. The van der Waals surface area contributed by atoms with Crippen LogP contribution in [0.1, 0.15) is 10.4 Å². The van der Waals surface area contributed by atoms with Crippen molar-refractivity contribution in [1.82, 2.24) is 10.3 Å². The molecule has 4 nitrogen and oxygen atoms in total. The Morgan fingerprint density at radius 1 is 1.12 bits per heavy atom. The summed E-state index contributed by atoms with van der Waals surface area (Å²) in [6.07, 6.45) is 1.68. The molecule has 2 aromatic carbocycles. The van der Waals surface area contributed by atoms with E-state index < -0.39 is 5.82 Å². The van der Waals surface area contributed by atoms with Gasteiger partial charge in [0, 0.05) is 17.1 Å². The van der Waals surface area contributed by atoms with Crippen LogP contribution in [0.2, 0.25) is 0 Å². The number of amides is 1. The van der Waals surface area contributed by atoms with Gasteiger partial charge in [0.15, 0.2) is 11.6 Å². The molecule has 0 atom stereocenters. The van der Waals surface area contributed by atoms with Crippen LogP contribution in [0.25, 0.3) is 10.9 Å². The van der Waals surface area contributed by atoms with E-state index in [4.69, 9.17) is 4.74 Å². The normalized spacial score (nSPS) is 10.0. The minimum absolute atomic E-state index is 0.0594. The second-order valence-electron chi connectivity index (χ2n) is 5.00. The third-order valence-corrected chi connectivity index (χ3v) is 3.43. The van der Waals surface area contributed by atoms with E-state index in [1.54, 1.807) is 18.3 Å². The maximum absolute atomic E-state index is 13.3. The van der Waals surface area contributed by atoms with Crippen molar-refractivity contribution in [1.29, 1.82) is 0 Å². The Morgan fingerprint density at radius 3 is 2.79 bits per heavy atom. The van der Waals surface area contributed by atoms with Gasteiger partial charge in [0.2, 0.25) is 0 Å². The van der Waals surface area contributed by atoms with E-state index in [1.165, 1.54) is 12.1 Å². The van der Waals surface area contributed by atoms with Gasteiger partial charge in [0.05, 0.1) is 12.1 Å². The molecule has 0 radical (unpaired) electrons. The molecule has 0 saturated heterocycles. The third kappa shape index (κ3) is 3.55. The van der Waals surface area contributed by atoms with Gasteiger partial charge in [-0.25, -0.2) is 4.39 Å². The second kappa shape index (κ2) is 7.34. The summed E-state index contributed by atoms with van der Waals surface area (Å²) in [5.74, 6) is 5.05. The number of fused-ring (bicyclic) bond motifs is 1. The first-order valence-corrected chi connectivity index (χ1v) is 7.43. The van der Waals surface area contributed by atoms with Crippen LogP contribution in [0, 0.1) is 17.7 Å². The monoisotopic (exact) mass is 322 g/mol. The van der Waals surface area contributed by atoms with Gasteiger partial charge in [0.25, 0.3) is 5.91 Å². The zero-order valence-corrected chi connectivity index (χ0v) is 12.8. The predicted molar refractivity (Wildman–Crippen MR) is 90.3 cm³/mol. The van der Waals surface area contributed by atoms with Crippen LogP contribution in [0.15, 0.2) is 54.7 Å². The molecule has 0 aliphatic heterocycles. The van der Waals surface area contributed by atoms with E-state index in [2.05, 4.69) is 22.1 Å². The molecular formula is C19H15FN2O2. The second-order valence-corrected chi connectivity index (χ2v) is 5.00. The van der Waals surface area contributed by atoms with Gasteiger partial charge < -0.3 is 15.0 Å². The van der Waals surface area contributed by atoms with Crippen LogP contribution in [0.5, 0.6) is 5.75 Å². The number of H-pyrrole nitrogens is 1.